The fourth-order valence-electron chi connectivity index (χ4n) is 4.20. The Morgan fingerprint density at radius 1 is 0.919 bits per heavy atom. The molecule has 5 nitrogen and oxygen atoms in total. The fourth-order valence-corrected chi connectivity index (χ4v) is 6.58. The van der Waals surface area contributed by atoms with Gasteiger partial charge in [-0.1, -0.05) is 55.5 Å². The van der Waals surface area contributed by atoms with Gasteiger partial charge in [0.1, 0.15) is 17.0 Å². The van der Waals surface area contributed by atoms with Gasteiger partial charge in [-0.2, -0.15) is 11.8 Å². The van der Waals surface area contributed by atoms with Crippen molar-refractivity contribution >= 4 is 49.5 Å². The van der Waals surface area contributed by atoms with Gasteiger partial charge in [0.05, 0.1) is 15.7 Å². The topological polar surface area (TPSA) is 84.6 Å². The van der Waals surface area contributed by atoms with Crippen LogP contribution in [0.25, 0.3) is 33.1 Å². The number of carboxylic acid groups (broad SMARTS) is 1. The molecule has 0 radical (unpaired) electrons. The molecule has 0 aliphatic heterocycles. The molecule has 5 rings (SSSR count). The van der Waals surface area contributed by atoms with Crippen LogP contribution in [0.1, 0.15) is 12.5 Å². The third kappa shape index (κ3) is 4.86. The van der Waals surface area contributed by atoms with Gasteiger partial charge in [0, 0.05) is 33.4 Å². The SMILES string of the molecule is CC(CSCc1cccc(S(=O)(=O)c2ccc(-c3cccc4c3oc3ccccc34)c(F)c2)c1)C(=O)O. The molecule has 188 valence electrons. The Bertz CT molecular complexity index is 1740. The summed E-state index contributed by atoms with van der Waals surface area (Å²) in [6, 6.07) is 23.4. The number of rotatable bonds is 8. The van der Waals surface area contributed by atoms with E-state index in [0.717, 1.165) is 22.4 Å². The van der Waals surface area contributed by atoms with Crippen LogP contribution in [0.2, 0.25) is 0 Å². The minimum atomic E-state index is -3.97. The van der Waals surface area contributed by atoms with Crippen LogP contribution in [0.15, 0.2) is 99.1 Å². The molecule has 5 aromatic rings. The molecule has 8 heteroatoms. The van der Waals surface area contributed by atoms with E-state index in [1.165, 1.54) is 30.0 Å². The van der Waals surface area contributed by atoms with Gasteiger partial charge >= 0.3 is 5.97 Å². The maximum Gasteiger partial charge on any atom is 0.307 e. The largest absolute Gasteiger partial charge is 0.481 e. The molecule has 0 fully saturated rings. The number of hydrogen-bond donors (Lipinski definition) is 1. The van der Waals surface area contributed by atoms with E-state index in [1.54, 1.807) is 31.2 Å². The smallest absolute Gasteiger partial charge is 0.307 e. The van der Waals surface area contributed by atoms with Crippen LogP contribution in [0, 0.1) is 11.7 Å². The zero-order valence-corrected chi connectivity index (χ0v) is 21.5. The molecular formula is C29H23FO5S2. The van der Waals surface area contributed by atoms with E-state index in [9.17, 15) is 13.2 Å². The van der Waals surface area contributed by atoms with Crippen molar-refractivity contribution in [2.24, 2.45) is 5.92 Å². The molecule has 1 atom stereocenters. The average Bonchev–Trinajstić information content (AvgIpc) is 3.28. The van der Waals surface area contributed by atoms with Crippen LogP contribution in [0.3, 0.4) is 0 Å². The number of furan rings is 1. The first-order chi connectivity index (χ1) is 17.8. The second-order valence-electron chi connectivity index (χ2n) is 8.83. The van der Waals surface area contributed by atoms with Crippen LogP contribution < -0.4 is 0 Å². The van der Waals surface area contributed by atoms with Gasteiger partial charge < -0.3 is 9.52 Å². The molecule has 1 unspecified atom stereocenters. The number of benzene rings is 4. The Morgan fingerprint density at radius 2 is 1.65 bits per heavy atom. The van der Waals surface area contributed by atoms with Crippen molar-refractivity contribution in [1.29, 1.82) is 0 Å². The standard InChI is InChI=1S/C29H23FO5S2/c1-18(29(31)32)16-36-17-19-6-4-7-20(14-19)37(33,34)21-12-13-22(26(30)15-21)24-9-5-10-25-23-8-2-3-11-27(23)35-28(24)25/h2-15,18H,16-17H2,1H3,(H,31,32). The summed E-state index contributed by atoms with van der Waals surface area (Å²) >= 11 is 1.42. The van der Waals surface area contributed by atoms with E-state index in [1.807, 2.05) is 36.4 Å². The monoisotopic (exact) mass is 534 g/mol. The lowest BCUT2D eigenvalue weighted by Crippen LogP contribution is -2.11. The van der Waals surface area contributed by atoms with E-state index in [0.29, 0.717) is 28.2 Å². The first-order valence-electron chi connectivity index (χ1n) is 11.6. The van der Waals surface area contributed by atoms with Gasteiger partial charge in [-0.05, 0) is 42.0 Å². The number of sulfone groups is 1. The number of halogens is 1. The van der Waals surface area contributed by atoms with Crippen LogP contribution in [-0.2, 0) is 20.4 Å². The Morgan fingerprint density at radius 3 is 2.43 bits per heavy atom. The molecule has 0 saturated heterocycles. The normalized spacial score (nSPS) is 12.7. The number of fused-ring (bicyclic) bond motifs is 3. The molecule has 4 aromatic carbocycles. The maximum absolute atomic E-state index is 15.4. The van der Waals surface area contributed by atoms with Crippen LogP contribution in [0.4, 0.5) is 4.39 Å². The first-order valence-corrected chi connectivity index (χ1v) is 14.2. The van der Waals surface area contributed by atoms with Gasteiger partial charge in [-0.3, -0.25) is 4.79 Å². The highest BCUT2D eigenvalue weighted by molar-refractivity contribution is 7.98. The number of carbonyl (C=O) groups is 1. The van der Waals surface area contributed by atoms with Crippen molar-refractivity contribution in [2.45, 2.75) is 22.5 Å². The van der Waals surface area contributed by atoms with Crippen molar-refractivity contribution in [2.75, 3.05) is 5.75 Å². The fraction of sp³-hybridized carbons (Fsp3) is 0.138. The Labute approximate surface area is 217 Å². The highest BCUT2D eigenvalue weighted by Crippen LogP contribution is 2.37. The van der Waals surface area contributed by atoms with Crippen molar-refractivity contribution in [3.8, 4) is 11.1 Å². The second kappa shape index (κ2) is 10.0. The molecule has 1 heterocycles. The van der Waals surface area contributed by atoms with E-state index < -0.39 is 27.5 Å². The van der Waals surface area contributed by atoms with E-state index in [2.05, 4.69) is 0 Å². The summed E-state index contributed by atoms with van der Waals surface area (Å²) in [4.78, 5) is 10.9. The quantitative estimate of drug-likeness (QED) is 0.227. The zero-order valence-electron chi connectivity index (χ0n) is 19.8. The molecule has 0 spiro atoms. The molecule has 1 N–H and O–H groups in total. The molecule has 0 amide bonds. The second-order valence-corrected chi connectivity index (χ2v) is 11.8. The first kappa shape index (κ1) is 25.0. The highest BCUT2D eigenvalue weighted by atomic mass is 32.2. The van der Waals surface area contributed by atoms with Crippen molar-refractivity contribution in [1.82, 2.24) is 0 Å². The van der Waals surface area contributed by atoms with Gasteiger partial charge in [0.15, 0.2) is 0 Å². The minimum absolute atomic E-state index is 0.0587. The van der Waals surface area contributed by atoms with E-state index in [4.69, 9.17) is 9.52 Å². The van der Waals surface area contributed by atoms with Crippen LogP contribution in [-0.4, -0.2) is 25.2 Å². The number of carboxylic acids is 1. The molecule has 0 aliphatic rings. The molecular weight excluding hydrogens is 511 g/mol. The molecule has 37 heavy (non-hydrogen) atoms. The predicted octanol–water partition coefficient (Wildman–Crippen LogP) is 7.18. The zero-order chi connectivity index (χ0) is 26.2. The lowest BCUT2D eigenvalue weighted by molar-refractivity contribution is -0.140. The summed E-state index contributed by atoms with van der Waals surface area (Å²) in [6.07, 6.45) is 0. The van der Waals surface area contributed by atoms with Gasteiger partial charge in [-0.25, -0.2) is 12.8 Å². The van der Waals surface area contributed by atoms with Crippen LogP contribution >= 0.6 is 11.8 Å². The lowest BCUT2D eigenvalue weighted by atomic mass is 10.0. The van der Waals surface area contributed by atoms with Crippen molar-refractivity contribution < 1.29 is 27.1 Å². The third-order valence-corrected chi connectivity index (χ3v) is 9.23. The van der Waals surface area contributed by atoms with Gasteiger partial charge in [0.25, 0.3) is 0 Å². The summed E-state index contributed by atoms with van der Waals surface area (Å²) in [6.45, 7) is 1.63. The lowest BCUT2D eigenvalue weighted by Gasteiger charge is -2.10. The summed E-state index contributed by atoms with van der Waals surface area (Å²) in [5, 5.41) is 10.8. The highest BCUT2D eigenvalue weighted by Gasteiger charge is 2.22. The molecule has 0 aliphatic carbocycles. The minimum Gasteiger partial charge on any atom is -0.481 e. The summed E-state index contributed by atoms with van der Waals surface area (Å²) in [5.74, 6) is -1.15. The maximum atomic E-state index is 15.4. The number of thioether (sulfide) groups is 1. The Hall–Kier alpha value is -3.62. The Balaban J connectivity index is 1.45. The van der Waals surface area contributed by atoms with Gasteiger partial charge in [0.2, 0.25) is 9.84 Å². The van der Waals surface area contributed by atoms with E-state index >= 15 is 4.39 Å². The van der Waals surface area contributed by atoms with Crippen molar-refractivity contribution in [3.63, 3.8) is 0 Å². The summed E-state index contributed by atoms with van der Waals surface area (Å²) < 4.78 is 48.0. The van der Waals surface area contributed by atoms with Gasteiger partial charge in [-0.15, -0.1) is 0 Å². The third-order valence-electron chi connectivity index (χ3n) is 6.21. The van der Waals surface area contributed by atoms with Crippen molar-refractivity contribution in [3.05, 3.63) is 96.3 Å². The molecule has 0 saturated carbocycles. The number of hydrogen-bond acceptors (Lipinski definition) is 5. The van der Waals surface area contributed by atoms with Crippen LogP contribution in [0.5, 0.6) is 0 Å². The number of aliphatic carboxylic acids is 1. The number of para-hydroxylation sites is 2. The molecule has 1 aromatic heterocycles. The summed E-state index contributed by atoms with van der Waals surface area (Å²) in [7, 11) is -3.97. The van der Waals surface area contributed by atoms with E-state index in [-0.39, 0.29) is 15.4 Å². The Kier molecular flexibility index (Phi) is 6.79. The average molecular weight is 535 g/mol. The predicted molar refractivity (Wildman–Crippen MR) is 144 cm³/mol. The molecule has 0 bridgehead atoms. The summed E-state index contributed by atoms with van der Waals surface area (Å²) in [5.41, 5.74) is 2.78.